The summed E-state index contributed by atoms with van der Waals surface area (Å²) < 4.78 is 13.7. The van der Waals surface area contributed by atoms with Crippen LogP contribution in [0.5, 0.6) is 0 Å². The zero-order chi connectivity index (χ0) is 17.9. The minimum atomic E-state index is -0.129. The lowest BCUT2D eigenvalue weighted by Crippen LogP contribution is -2.64. The smallest absolute Gasteiger partial charge is 0.123 e. The van der Waals surface area contributed by atoms with Gasteiger partial charge in [-0.1, -0.05) is 12.1 Å². The van der Waals surface area contributed by atoms with E-state index in [4.69, 9.17) is 0 Å². The van der Waals surface area contributed by atoms with E-state index in [0.29, 0.717) is 12.6 Å². The van der Waals surface area contributed by atoms with E-state index in [0.717, 1.165) is 55.8 Å². The molecule has 0 amide bonds. The van der Waals surface area contributed by atoms with Gasteiger partial charge in [-0.2, -0.15) is 0 Å². The van der Waals surface area contributed by atoms with E-state index in [1.165, 1.54) is 44.8 Å². The van der Waals surface area contributed by atoms with Gasteiger partial charge in [0.25, 0.3) is 0 Å². The van der Waals surface area contributed by atoms with Crippen molar-refractivity contribution in [3.05, 3.63) is 35.6 Å². The maximum Gasteiger partial charge on any atom is 0.123 e. The van der Waals surface area contributed by atoms with Gasteiger partial charge >= 0.3 is 0 Å². The second-order valence-electron chi connectivity index (χ2n) is 8.58. The second kappa shape index (κ2) is 8.37. The minimum absolute atomic E-state index is 0.129. The maximum atomic E-state index is 13.7. The molecule has 3 aliphatic heterocycles. The molecule has 4 rings (SSSR count). The van der Waals surface area contributed by atoms with Gasteiger partial charge in [-0.3, -0.25) is 9.80 Å². The third-order valence-corrected chi connectivity index (χ3v) is 6.96. The molecule has 0 unspecified atom stereocenters. The first-order valence-electron chi connectivity index (χ1n) is 10.6. The summed E-state index contributed by atoms with van der Waals surface area (Å²) in [5.41, 5.74) is 1.10. The summed E-state index contributed by atoms with van der Waals surface area (Å²) in [4.78, 5) is 5.44. The van der Waals surface area contributed by atoms with Crippen LogP contribution in [0.15, 0.2) is 24.3 Å². The lowest BCUT2D eigenvalue weighted by molar-refractivity contribution is -0.0813. The first kappa shape index (κ1) is 18.4. The summed E-state index contributed by atoms with van der Waals surface area (Å²) in [5, 5.41) is 9.23. The standard InChI is InChI=1S/C22H33FN2O/c23-19-8-3-6-17(14-19)15-25-16-18-7-4-11-24-12-5-9-20(22(18)24)21(25)10-1-2-13-26/h3,6,8,14,18,20-22,26H,1-2,4-5,7,9-13,15-16H2/t18-,20-,21-,22+/m1/s1. The predicted molar refractivity (Wildman–Crippen MR) is 102 cm³/mol. The van der Waals surface area contributed by atoms with Crippen molar-refractivity contribution in [3.63, 3.8) is 0 Å². The molecular formula is C22H33FN2O. The monoisotopic (exact) mass is 360 g/mol. The largest absolute Gasteiger partial charge is 0.396 e. The van der Waals surface area contributed by atoms with Crippen LogP contribution in [-0.2, 0) is 6.54 Å². The van der Waals surface area contributed by atoms with Crippen molar-refractivity contribution in [2.75, 3.05) is 26.2 Å². The summed E-state index contributed by atoms with van der Waals surface area (Å²) in [6, 6.07) is 8.47. The predicted octanol–water partition coefficient (Wildman–Crippen LogP) is 3.66. The highest BCUT2D eigenvalue weighted by Gasteiger charge is 2.48. The van der Waals surface area contributed by atoms with E-state index in [9.17, 15) is 9.50 Å². The highest BCUT2D eigenvalue weighted by atomic mass is 19.1. The molecule has 0 radical (unpaired) electrons. The molecule has 1 N–H and O–H groups in total. The molecule has 1 aromatic rings. The van der Waals surface area contributed by atoms with Crippen molar-refractivity contribution in [3.8, 4) is 0 Å². The van der Waals surface area contributed by atoms with Crippen LogP contribution in [0.3, 0.4) is 0 Å². The van der Waals surface area contributed by atoms with Gasteiger partial charge < -0.3 is 5.11 Å². The van der Waals surface area contributed by atoms with E-state index >= 15 is 0 Å². The van der Waals surface area contributed by atoms with Crippen molar-refractivity contribution in [1.82, 2.24) is 9.80 Å². The quantitative estimate of drug-likeness (QED) is 0.784. The zero-order valence-corrected chi connectivity index (χ0v) is 15.8. The van der Waals surface area contributed by atoms with Gasteiger partial charge in [-0.15, -0.1) is 0 Å². The van der Waals surface area contributed by atoms with Gasteiger partial charge in [-0.05, 0) is 87.6 Å². The van der Waals surface area contributed by atoms with Crippen LogP contribution >= 0.6 is 0 Å². The van der Waals surface area contributed by atoms with Crippen molar-refractivity contribution in [1.29, 1.82) is 0 Å². The first-order chi connectivity index (χ1) is 12.8. The Morgan fingerprint density at radius 3 is 2.77 bits per heavy atom. The number of hydrogen-bond donors (Lipinski definition) is 1. The Morgan fingerprint density at radius 1 is 1.12 bits per heavy atom. The molecular weight excluding hydrogens is 327 g/mol. The maximum absolute atomic E-state index is 13.7. The molecule has 0 spiro atoms. The molecule has 4 atom stereocenters. The molecule has 1 aromatic carbocycles. The molecule has 3 fully saturated rings. The summed E-state index contributed by atoms with van der Waals surface area (Å²) >= 11 is 0. The number of halogens is 1. The van der Waals surface area contributed by atoms with Crippen molar-refractivity contribution in [2.24, 2.45) is 11.8 Å². The number of hydrogen-bond acceptors (Lipinski definition) is 3. The van der Waals surface area contributed by atoms with Crippen molar-refractivity contribution >= 4 is 0 Å². The van der Waals surface area contributed by atoms with E-state index in [2.05, 4.69) is 15.9 Å². The SMILES string of the molecule is OCCCC[C@@H]1[C@H]2CCCN3CCC[C@H](CN1Cc1cccc(F)c1)[C@@H]23. The zero-order valence-electron chi connectivity index (χ0n) is 15.8. The third-order valence-electron chi connectivity index (χ3n) is 6.96. The van der Waals surface area contributed by atoms with E-state index in [1.807, 2.05) is 6.07 Å². The summed E-state index contributed by atoms with van der Waals surface area (Å²) in [5.74, 6) is 1.39. The Bertz CT molecular complexity index is 593. The van der Waals surface area contributed by atoms with Gasteiger partial charge in [0, 0.05) is 31.8 Å². The normalized spacial score (nSPS) is 32.4. The van der Waals surface area contributed by atoms with Gasteiger partial charge in [0.1, 0.15) is 5.82 Å². The highest BCUT2D eigenvalue weighted by molar-refractivity contribution is 5.17. The van der Waals surface area contributed by atoms with Gasteiger partial charge in [-0.25, -0.2) is 4.39 Å². The van der Waals surface area contributed by atoms with E-state index < -0.39 is 0 Å². The van der Waals surface area contributed by atoms with Crippen LogP contribution in [0.2, 0.25) is 0 Å². The number of unbranched alkanes of at least 4 members (excludes halogenated alkanes) is 1. The number of piperidine rings is 3. The molecule has 0 bridgehead atoms. The fourth-order valence-corrected chi connectivity index (χ4v) is 6.00. The number of likely N-dealkylation sites (tertiary alicyclic amines) is 1. The number of rotatable bonds is 6. The topological polar surface area (TPSA) is 26.7 Å². The van der Waals surface area contributed by atoms with Gasteiger partial charge in [0.15, 0.2) is 0 Å². The Balaban J connectivity index is 1.55. The molecule has 4 heteroatoms. The number of benzene rings is 1. The summed E-state index contributed by atoms with van der Waals surface area (Å²) in [7, 11) is 0. The Morgan fingerprint density at radius 2 is 1.96 bits per heavy atom. The highest BCUT2D eigenvalue weighted by Crippen LogP contribution is 2.43. The van der Waals surface area contributed by atoms with Gasteiger partial charge in [0.05, 0.1) is 0 Å². The Kier molecular flexibility index (Phi) is 5.92. The Hall–Kier alpha value is -0.970. The van der Waals surface area contributed by atoms with Gasteiger partial charge in [0.2, 0.25) is 0 Å². The third kappa shape index (κ3) is 3.83. The molecule has 0 saturated carbocycles. The summed E-state index contributed by atoms with van der Waals surface area (Å²) in [6.07, 6.45) is 8.48. The van der Waals surface area contributed by atoms with Crippen molar-refractivity contribution < 1.29 is 9.50 Å². The molecule has 3 saturated heterocycles. The average Bonchev–Trinajstić information content (AvgIpc) is 2.64. The van der Waals surface area contributed by atoms with Crippen molar-refractivity contribution in [2.45, 2.75) is 63.6 Å². The molecule has 3 aliphatic rings. The van der Waals surface area contributed by atoms with E-state index in [1.54, 1.807) is 6.07 Å². The summed E-state index contributed by atoms with van der Waals surface area (Å²) in [6.45, 7) is 4.87. The van der Waals surface area contributed by atoms with Crippen LogP contribution in [0.25, 0.3) is 0 Å². The average molecular weight is 361 g/mol. The van der Waals surface area contributed by atoms with Crippen LogP contribution in [0.1, 0.15) is 50.5 Å². The van der Waals surface area contributed by atoms with E-state index in [-0.39, 0.29) is 5.82 Å². The second-order valence-corrected chi connectivity index (χ2v) is 8.58. The Labute approximate surface area is 157 Å². The molecule has 3 heterocycles. The first-order valence-corrected chi connectivity index (χ1v) is 10.6. The molecule has 144 valence electrons. The van der Waals surface area contributed by atoms with Crippen LogP contribution in [-0.4, -0.2) is 53.2 Å². The molecule has 0 aliphatic carbocycles. The minimum Gasteiger partial charge on any atom is -0.396 e. The number of aliphatic hydroxyl groups excluding tert-OH is 1. The van der Waals surface area contributed by atoms with Crippen LogP contribution < -0.4 is 0 Å². The lowest BCUT2D eigenvalue weighted by atomic mass is 9.69. The molecule has 3 nitrogen and oxygen atoms in total. The number of aliphatic hydroxyl groups is 1. The fraction of sp³-hybridized carbons (Fsp3) is 0.727. The molecule has 26 heavy (non-hydrogen) atoms. The van der Waals surface area contributed by atoms with Crippen LogP contribution in [0.4, 0.5) is 4.39 Å². The fourth-order valence-electron chi connectivity index (χ4n) is 6.00. The lowest BCUT2D eigenvalue weighted by Gasteiger charge is -2.57. The number of nitrogens with zero attached hydrogens (tertiary/aromatic N) is 2. The van der Waals surface area contributed by atoms with Crippen LogP contribution in [0, 0.1) is 17.7 Å². The molecule has 0 aromatic heterocycles.